The van der Waals surface area contributed by atoms with Crippen LogP contribution >= 0.6 is 0 Å². The lowest BCUT2D eigenvalue weighted by Crippen LogP contribution is -2.27. The Labute approximate surface area is 122 Å². The van der Waals surface area contributed by atoms with Gasteiger partial charge in [-0.3, -0.25) is 4.79 Å². The Kier molecular flexibility index (Phi) is 6.74. The molecule has 0 spiro atoms. The third-order valence-electron chi connectivity index (χ3n) is 2.57. The molecule has 1 rings (SSSR count). The number of aromatic hydroxyl groups is 1. The van der Waals surface area contributed by atoms with Crippen LogP contribution in [-0.4, -0.2) is 38.1 Å². The van der Waals surface area contributed by atoms with Crippen molar-refractivity contribution < 1.29 is 19.4 Å². The predicted octanol–water partition coefficient (Wildman–Crippen LogP) is 0.947. The summed E-state index contributed by atoms with van der Waals surface area (Å²) < 4.78 is 9.91. The van der Waals surface area contributed by atoms with Gasteiger partial charge in [0.05, 0.1) is 12.2 Å². The fourth-order valence-electron chi connectivity index (χ4n) is 1.44. The molecule has 0 unspecified atom stereocenters. The SMILES string of the molecule is COC(CN/C=C(/C#N)C(=O)Nc1ccccc1O)OC. The van der Waals surface area contributed by atoms with Gasteiger partial charge in [-0.05, 0) is 12.1 Å². The second-order valence-corrected chi connectivity index (χ2v) is 3.95. The highest BCUT2D eigenvalue weighted by atomic mass is 16.7. The number of hydrogen-bond acceptors (Lipinski definition) is 6. The molecule has 0 radical (unpaired) electrons. The highest BCUT2D eigenvalue weighted by Gasteiger charge is 2.11. The van der Waals surface area contributed by atoms with Crippen LogP contribution in [0.3, 0.4) is 0 Å². The monoisotopic (exact) mass is 291 g/mol. The number of anilines is 1. The third kappa shape index (κ3) is 5.14. The lowest BCUT2D eigenvalue weighted by Gasteiger charge is -2.13. The molecule has 7 heteroatoms. The molecule has 0 saturated heterocycles. The normalized spacial score (nSPS) is 11.0. The number of amides is 1. The van der Waals surface area contributed by atoms with Crippen molar-refractivity contribution in [2.24, 2.45) is 0 Å². The summed E-state index contributed by atoms with van der Waals surface area (Å²) in [5.41, 5.74) is 0.0968. The lowest BCUT2D eigenvalue weighted by atomic mass is 10.2. The van der Waals surface area contributed by atoms with Crippen molar-refractivity contribution in [3.8, 4) is 11.8 Å². The summed E-state index contributed by atoms with van der Waals surface area (Å²) in [5, 5.41) is 23.7. The summed E-state index contributed by atoms with van der Waals surface area (Å²) in [6.45, 7) is 0.280. The molecule has 7 nitrogen and oxygen atoms in total. The van der Waals surface area contributed by atoms with Crippen LogP contribution in [0.4, 0.5) is 5.69 Å². The van der Waals surface area contributed by atoms with E-state index in [0.717, 1.165) is 0 Å². The minimum absolute atomic E-state index is 0.0741. The van der Waals surface area contributed by atoms with Gasteiger partial charge in [-0.25, -0.2) is 0 Å². The summed E-state index contributed by atoms with van der Waals surface area (Å²) in [6.07, 6.45) is 0.780. The van der Waals surface area contributed by atoms with E-state index in [-0.39, 0.29) is 23.6 Å². The summed E-state index contributed by atoms with van der Waals surface area (Å²) >= 11 is 0. The molecule has 21 heavy (non-hydrogen) atoms. The molecule has 0 fully saturated rings. The highest BCUT2D eigenvalue weighted by molar-refractivity contribution is 6.07. The Hall–Kier alpha value is -2.56. The van der Waals surface area contributed by atoms with E-state index in [1.54, 1.807) is 18.2 Å². The van der Waals surface area contributed by atoms with Crippen molar-refractivity contribution in [1.29, 1.82) is 5.26 Å². The van der Waals surface area contributed by atoms with Crippen LogP contribution in [0, 0.1) is 11.3 Å². The quantitative estimate of drug-likeness (QED) is 0.299. The van der Waals surface area contributed by atoms with Crippen molar-refractivity contribution in [2.75, 3.05) is 26.1 Å². The summed E-state index contributed by atoms with van der Waals surface area (Å²) in [7, 11) is 2.96. The van der Waals surface area contributed by atoms with Gasteiger partial charge in [0.25, 0.3) is 5.91 Å². The number of rotatable bonds is 7. The number of carbonyl (C=O) groups is 1. The van der Waals surface area contributed by atoms with Gasteiger partial charge in [0, 0.05) is 20.4 Å². The van der Waals surface area contributed by atoms with Gasteiger partial charge in [-0.15, -0.1) is 0 Å². The second-order valence-electron chi connectivity index (χ2n) is 3.95. The van der Waals surface area contributed by atoms with Crippen LogP contribution in [0.25, 0.3) is 0 Å². The Balaban J connectivity index is 2.65. The van der Waals surface area contributed by atoms with Crippen molar-refractivity contribution in [3.63, 3.8) is 0 Å². The maximum atomic E-state index is 11.9. The number of hydrogen-bond donors (Lipinski definition) is 3. The summed E-state index contributed by atoms with van der Waals surface area (Å²) in [4.78, 5) is 11.9. The molecule has 0 atom stereocenters. The van der Waals surface area contributed by atoms with E-state index in [1.807, 2.05) is 0 Å². The molecule has 0 aliphatic carbocycles. The zero-order chi connectivity index (χ0) is 15.7. The maximum Gasteiger partial charge on any atom is 0.267 e. The first-order chi connectivity index (χ1) is 10.1. The summed E-state index contributed by atoms with van der Waals surface area (Å²) in [5.74, 6) is -0.701. The number of benzene rings is 1. The molecule has 0 heterocycles. The second kappa shape index (κ2) is 8.58. The van der Waals surface area contributed by atoms with E-state index in [2.05, 4.69) is 10.6 Å². The van der Waals surface area contributed by atoms with Crippen LogP contribution in [-0.2, 0) is 14.3 Å². The van der Waals surface area contributed by atoms with E-state index >= 15 is 0 Å². The molecule has 112 valence electrons. The Morgan fingerprint density at radius 1 is 1.43 bits per heavy atom. The number of methoxy groups -OCH3 is 2. The molecule has 0 aromatic heterocycles. The van der Waals surface area contributed by atoms with Crippen molar-refractivity contribution in [1.82, 2.24) is 5.32 Å². The summed E-state index contributed by atoms with van der Waals surface area (Å²) in [6, 6.07) is 8.03. The Morgan fingerprint density at radius 3 is 2.67 bits per heavy atom. The van der Waals surface area contributed by atoms with Crippen LogP contribution in [0.5, 0.6) is 5.75 Å². The Morgan fingerprint density at radius 2 is 2.10 bits per heavy atom. The van der Waals surface area contributed by atoms with Gasteiger partial charge >= 0.3 is 0 Å². The third-order valence-corrected chi connectivity index (χ3v) is 2.57. The number of para-hydroxylation sites is 2. The first-order valence-corrected chi connectivity index (χ1v) is 6.11. The van der Waals surface area contributed by atoms with Crippen LogP contribution in [0.15, 0.2) is 36.0 Å². The van der Waals surface area contributed by atoms with Gasteiger partial charge in [-0.1, -0.05) is 12.1 Å². The number of nitrogens with zero attached hydrogens (tertiary/aromatic N) is 1. The number of phenolic OH excluding ortho intramolecular Hbond substituents is 1. The molecular formula is C14H17N3O4. The van der Waals surface area contributed by atoms with Crippen molar-refractivity contribution in [2.45, 2.75) is 6.29 Å². The van der Waals surface area contributed by atoms with Gasteiger partial charge in [0.2, 0.25) is 0 Å². The van der Waals surface area contributed by atoms with E-state index in [0.29, 0.717) is 0 Å². The van der Waals surface area contributed by atoms with E-state index in [1.165, 1.54) is 32.6 Å². The smallest absolute Gasteiger partial charge is 0.267 e. The van der Waals surface area contributed by atoms with Gasteiger partial charge in [0.1, 0.15) is 17.4 Å². The van der Waals surface area contributed by atoms with Crippen LogP contribution < -0.4 is 10.6 Å². The van der Waals surface area contributed by atoms with Gasteiger partial charge < -0.3 is 25.2 Å². The topological polar surface area (TPSA) is 104 Å². The number of phenols is 1. The van der Waals surface area contributed by atoms with Crippen molar-refractivity contribution >= 4 is 11.6 Å². The van der Waals surface area contributed by atoms with Crippen LogP contribution in [0.1, 0.15) is 0 Å². The first kappa shape index (κ1) is 16.5. The average molecular weight is 291 g/mol. The van der Waals surface area contributed by atoms with Crippen molar-refractivity contribution in [3.05, 3.63) is 36.0 Å². The van der Waals surface area contributed by atoms with Gasteiger partial charge in [0.15, 0.2) is 6.29 Å². The molecule has 3 N–H and O–H groups in total. The molecule has 0 aliphatic heterocycles. The highest BCUT2D eigenvalue weighted by Crippen LogP contribution is 2.21. The fourth-order valence-corrected chi connectivity index (χ4v) is 1.44. The Bertz CT molecular complexity index is 547. The molecule has 0 bridgehead atoms. The molecule has 1 aromatic rings. The largest absolute Gasteiger partial charge is 0.506 e. The fraction of sp³-hybridized carbons (Fsp3) is 0.286. The van der Waals surface area contributed by atoms with Gasteiger partial charge in [-0.2, -0.15) is 5.26 Å². The standard InChI is InChI=1S/C14H17N3O4/c1-20-13(21-2)9-16-8-10(7-15)14(19)17-11-5-3-4-6-12(11)18/h3-6,8,13,16,18H,9H2,1-2H3,(H,17,19)/b10-8-. The lowest BCUT2D eigenvalue weighted by molar-refractivity contribution is -0.112. The zero-order valence-electron chi connectivity index (χ0n) is 11.8. The van der Waals surface area contributed by atoms with E-state index in [4.69, 9.17) is 14.7 Å². The first-order valence-electron chi connectivity index (χ1n) is 6.11. The molecular weight excluding hydrogens is 274 g/mol. The number of ether oxygens (including phenoxy) is 2. The molecule has 0 saturated carbocycles. The maximum absolute atomic E-state index is 11.9. The predicted molar refractivity (Wildman–Crippen MR) is 76.2 cm³/mol. The molecule has 1 amide bonds. The molecule has 1 aromatic carbocycles. The zero-order valence-corrected chi connectivity index (χ0v) is 11.8. The molecule has 0 aliphatic rings. The minimum atomic E-state index is -0.627. The number of carbonyl (C=O) groups excluding carboxylic acids is 1. The number of nitrogens with one attached hydrogen (secondary N) is 2. The minimum Gasteiger partial charge on any atom is -0.506 e. The number of nitriles is 1. The van der Waals surface area contributed by atoms with E-state index in [9.17, 15) is 9.90 Å². The van der Waals surface area contributed by atoms with E-state index < -0.39 is 12.2 Å². The average Bonchev–Trinajstić information content (AvgIpc) is 2.50. The van der Waals surface area contributed by atoms with Crippen LogP contribution in [0.2, 0.25) is 0 Å².